The van der Waals surface area contributed by atoms with E-state index in [1.807, 2.05) is 60.7 Å². The first-order chi connectivity index (χ1) is 16.0. The van der Waals surface area contributed by atoms with E-state index in [0.29, 0.717) is 12.1 Å². The highest BCUT2D eigenvalue weighted by Crippen LogP contribution is 2.20. The lowest BCUT2D eigenvalue weighted by molar-refractivity contribution is 0.0937. The number of ether oxygens (including phenoxy) is 1. The monoisotopic (exact) mass is 440 g/mol. The van der Waals surface area contributed by atoms with Gasteiger partial charge in [0.2, 0.25) is 5.91 Å². The Morgan fingerprint density at radius 3 is 2.42 bits per heavy atom. The van der Waals surface area contributed by atoms with Crippen LogP contribution >= 0.6 is 0 Å². The van der Waals surface area contributed by atoms with Crippen molar-refractivity contribution in [2.45, 2.75) is 13.5 Å². The van der Waals surface area contributed by atoms with Gasteiger partial charge in [-0.25, -0.2) is 5.43 Å². The van der Waals surface area contributed by atoms with Crippen LogP contribution in [0.25, 0.3) is 10.9 Å². The zero-order valence-electron chi connectivity index (χ0n) is 18.4. The lowest BCUT2D eigenvalue weighted by atomic mass is 10.2. The Kier molecular flexibility index (Phi) is 6.50. The van der Waals surface area contributed by atoms with E-state index in [0.717, 1.165) is 33.5 Å². The fourth-order valence-corrected chi connectivity index (χ4v) is 3.48. The lowest BCUT2D eigenvalue weighted by Crippen LogP contribution is -2.17. The van der Waals surface area contributed by atoms with Gasteiger partial charge in [0.1, 0.15) is 5.75 Å². The van der Waals surface area contributed by atoms with Crippen LogP contribution in [0.1, 0.15) is 33.2 Å². The molecule has 0 bridgehead atoms. The van der Waals surface area contributed by atoms with Gasteiger partial charge in [-0.3, -0.25) is 14.2 Å². The molecule has 0 atom stereocenters. The highest BCUT2D eigenvalue weighted by atomic mass is 16.5. The Hall–Kier alpha value is -4.39. The molecule has 1 heterocycles. The van der Waals surface area contributed by atoms with E-state index in [1.54, 1.807) is 36.2 Å². The van der Waals surface area contributed by atoms with Crippen molar-refractivity contribution in [1.82, 2.24) is 9.99 Å². The van der Waals surface area contributed by atoms with Crippen molar-refractivity contribution in [1.29, 1.82) is 0 Å². The average molecular weight is 441 g/mol. The van der Waals surface area contributed by atoms with Gasteiger partial charge in [0.15, 0.2) is 0 Å². The second-order valence-electron chi connectivity index (χ2n) is 7.47. The predicted octanol–water partition coefficient (Wildman–Crippen LogP) is 4.69. The number of hydrazone groups is 1. The molecule has 0 saturated heterocycles. The molecule has 0 aliphatic heterocycles. The number of para-hydroxylation sites is 1. The third kappa shape index (κ3) is 5.10. The number of benzene rings is 3. The molecular weight excluding hydrogens is 416 g/mol. The number of carbonyl (C=O) groups excluding carboxylic acids is 2. The number of fused-ring (bicyclic) bond motifs is 1. The van der Waals surface area contributed by atoms with Gasteiger partial charge < -0.3 is 10.1 Å². The second kappa shape index (κ2) is 9.82. The van der Waals surface area contributed by atoms with Crippen LogP contribution in [0.5, 0.6) is 5.75 Å². The summed E-state index contributed by atoms with van der Waals surface area (Å²) < 4.78 is 6.73. The Morgan fingerprint density at radius 2 is 1.73 bits per heavy atom. The van der Waals surface area contributed by atoms with E-state index in [2.05, 4.69) is 15.8 Å². The number of hydrogen-bond acceptors (Lipinski definition) is 5. The van der Waals surface area contributed by atoms with E-state index < -0.39 is 0 Å². The van der Waals surface area contributed by atoms with Gasteiger partial charge in [-0.1, -0.05) is 30.3 Å². The Balaban J connectivity index is 1.36. The fourth-order valence-electron chi connectivity index (χ4n) is 3.48. The lowest BCUT2D eigenvalue weighted by Gasteiger charge is -2.08. The second-order valence-corrected chi connectivity index (χ2v) is 7.47. The van der Waals surface area contributed by atoms with Crippen molar-refractivity contribution in [3.63, 3.8) is 0 Å². The molecule has 0 aliphatic carbocycles. The standard InChI is InChI=1S/C26H24N4O3/c1-18(31)30-17-21(24-5-3-4-6-25(24)30)16-28-29-26(32)20-9-11-22(12-10-20)27-15-19-7-13-23(33-2)14-8-19/h3-14,16-17,27H,15H2,1-2H3,(H,29,32)/b28-16-. The molecule has 3 aromatic carbocycles. The molecule has 0 aliphatic rings. The van der Waals surface area contributed by atoms with E-state index >= 15 is 0 Å². The maximum absolute atomic E-state index is 12.4. The van der Waals surface area contributed by atoms with Crippen molar-refractivity contribution >= 4 is 34.6 Å². The van der Waals surface area contributed by atoms with Crippen LogP contribution in [0, 0.1) is 0 Å². The van der Waals surface area contributed by atoms with Gasteiger partial charge in [0.25, 0.3) is 5.91 Å². The van der Waals surface area contributed by atoms with Crippen molar-refractivity contribution < 1.29 is 14.3 Å². The number of nitrogens with one attached hydrogen (secondary N) is 2. The van der Waals surface area contributed by atoms with Crippen LogP contribution in [-0.4, -0.2) is 29.7 Å². The molecule has 33 heavy (non-hydrogen) atoms. The largest absolute Gasteiger partial charge is 0.497 e. The van der Waals surface area contributed by atoms with Crippen LogP contribution in [0.3, 0.4) is 0 Å². The molecule has 4 aromatic rings. The summed E-state index contributed by atoms with van der Waals surface area (Å²) in [5, 5.41) is 8.29. The summed E-state index contributed by atoms with van der Waals surface area (Å²) in [5.41, 5.74) is 6.62. The number of methoxy groups -OCH3 is 1. The number of hydrogen-bond donors (Lipinski definition) is 2. The van der Waals surface area contributed by atoms with Gasteiger partial charge >= 0.3 is 0 Å². The van der Waals surface area contributed by atoms with Gasteiger partial charge in [0, 0.05) is 41.9 Å². The van der Waals surface area contributed by atoms with Crippen molar-refractivity contribution in [2.75, 3.05) is 12.4 Å². The smallest absolute Gasteiger partial charge is 0.271 e. The van der Waals surface area contributed by atoms with Gasteiger partial charge in [-0.2, -0.15) is 5.10 Å². The molecule has 4 rings (SSSR count). The van der Waals surface area contributed by atoms with E-state index in [1.165, 1.54) is 6.92 Å². The molecule has 0 spiro atoms. The van der Waals surface area contributed by atoms with E-state index in [9.17, 15) is 9.59 Å². The zero-order chi connectivity index (χ0) is 23.2. The minimum atomic E-state index is -0.316. The Bertz CT molecular complexity index is 1310. The molecule has 0 saturated carbocycles. The molecule has 1 aromatic heterocycles. The number of aromatic nitrogens is 1. The van der Waals surface area contributed by atoms with Crippen LogP contribution in [0.2, 0.25) is 0 Å². The van der Waals surface area contributed by atoms with Crippen LogP contribution < -0.4 is 15.5 Å². The summed E-state index contributed by atoms with van der Waals surface area (Å²) in [6.45, 7) is 2.17. The average Bonchev–Trinajstić information content (AvgIpc) is 3.22. The maximum atomic E-state index is 12.4. The minimum absolute atomic E-state index is 0.0874. The van der Waals surface area contributed by atoms with Crippen LogP contribution in [0.4, 0.5) is 5.69 Å². The van der Waals surface area contributed by atoms with Gasteiger partial charge in [-0.05, 0) is 48.0 Å². The number of nitrogens with zero attached hydrogens (tertiary/aromatic N) is 2. The highest BCUT2D eigenvalue weighted by molar-refractivity contribution is 6.03. The topological polar surface area (TPSA) is 84.7 Å². The number of carbonyl (C=O) groups is 2. The normalized spacial score (nSPS) is 11.0. The van der Waals surface area contributed by atoms with Crippen LogP contribution in [0.15, 0.2) is 84.1 Å². The third-order valence-electron chi connectivity index (χ3n) is 5.25. The molecule has 7 nitrogen and oxygen atoms in total. The van der Waals surface area contributed by atoms with Gasteiger partial charge in [-0.15, -0.1) is 0 Å². The summed E-state index contributed by atoms with van der Waals surface area (Å²) in [5.74, 6) is 0.417. The minimum Gasteiger partial charge on any atom is -0.497 e. The zero-order valence-corrected chi connectivity index (χ0v) is 18.4. The first-order valence-electron chi connectivity index (χ1n) is 10.5. The molecule has 166 valence electrons. The summed E-state index contributed by atoms with van der Waals surface area (Å²) in [4.78, 5) is 24.3. The summed E-state index contributed by atoms with van der Waals surface area (Å²) in [7, 11) is 1.64. The maximum Gasteiger partial charge on any atom is 0.271 e. The first-order valence-corrected chi connectivity index (χ1v) is 10.5. The molecule has 0 fully saturated rings. The summed E-state index contributed by atoms with van der Waals surface area (Å²) >= 11 is 0. The van der Waals surface area contributed by atoms with Crippen molar-refractivity contribution in [3.8, 4) is 5.75 Å². The fraction of sp³-hybridized carbons (Fsp3) is 0.115. The molecular formula is C26H24N4O3. The van der Waals surface area contributed by atoms with Crippen LogP contribution in [-0.2, 0) is 6.54 Å². The molecule has 2 N–H and O–H groups in total. The highest BCUT2D eigenvalue weighted by Gasteiger charge is 2.09. The van der Waals surface area contributed by atoms with Gasteiger partial charge in [0.05, 0.1) is 18.8 Å². The quantitative estimate of drug-likeness (QED) is 0.323. The number of anilines is 1. The molecule has 7 heteroatoms. The molecule has 1 amide bonds. The summed E-state index contributed by atoms with van der Waals surface area (Å²) in [6.07, 6.45) is 3.26. The molecule has 0 radical (unpaired) electrons. The first kappa shape index (κ1) is 21.8. The molecule has 0 unspecified atom stereocenters. The predicted molar refractivity (Wildman–Crippen MR) is 130 cm³/mol. The summed E-state index contributed by atoms with van der Waals surface area (Å²) in [6, 6.07) is 22.6. The SMILES string of the molecule is COc1ccc(CNc2ccc(C(=O)N/N=C\c3cn(C(C)=O)c4ccccc34)cc2)cc1. The van der Waals surface area contributed by atoms with Crippen molar-refractivity contribution in [2.24, 2.45) is 5.10 Å². The Morgan fingerprint density at radius 1 is 1.00 bits per heavy atom. The van der Waals surface area contributed by atoms with E-state index in [4.69, 9.17) is 4.74 Å². The van der Waals surface area contributed by atoms with Crippen molar-refractivity contribution in [3.05, 3.63) is 95.7 Å². The Labute approximate surface area is 191 Å². The third-order valence-corrected chi connectivity index (χ3v) is 5.25. The number of amides is 1. The number of rotatable bonds is 7. The van der Waals surface area contributed by atoms with E-state index in [-0.39, 0.29) is 11.8 Å².